The van der Waals surface area contributed by atoms with E-state index in [0.29, 0.717) is 36.9 Å². The van der Waals surface area contributed by atoms with Gasteiger partial charge in [-0.3, -0.25) is 9.69 Å². The fraction of sp³-hybridized carbons (Fsp3) is 0.571. The minimum Gasteiger partial charge on any atom is -0.373 e. The van der Waals surface area contributed by atoms with Crippen LogP contribution in [0.15, 0.2) is 35.9 Å². The van der Waals surface area contributed by atoms with Gasteiger partial charge in [-0.15, -0.1) is 0 Å². The van der Waals surface area contributed by atoms with Crippen LogP contribution in [0.3, 0.4) is 0 Å². The predicted octanol–water partition coefficient (Wildman–Crippen LogP) is 2.09. The molecular formula is C21H22N2O2. The van der Waals surface area contributed by atoms with Gasteiger partial charge < -0.3 is 9.64 Å². The van der Waals surface area contributed by atoms with E-state index >= 15 is 0 Å². The van der Waals surface area contributed by atoms with Crippen LogP contribution in [0.25, 0.3) is 0 Å². The number of amides is 1. The number of nitrogens with zero attached hydrogens (tertiary/aromatic N) is 2. The van der Waals surface area contributed by atoms with Gasteiger partial charge in [0.1, 0.15) is 0 Å². The first-order valence-corrected chi connectivity index (χ1v) is 9.75. The van der Waals surface area contributed by atoms with Gasteiger partial charge in [0.2, 0.25) is 5.91 Å². The second-order valence-electron chi connectivity index (χ2n) is 8.78. The fourth-order valence-electron chi connectivity index (χ4n) is 7.51. The van der Waals surface area contributed by atoms with Crippen LogP contribution in [-0.2, 0) is 14.9 Å². The molecule has 1 spiro atoms. The molecule has 7 rings (SSSR count). The number of hydrogen-bond acceptors (Lipinski definition) is 3. The maximum Gasteiger partial charge on any atom is 0.229 e. The van der Waals surface area contributed by atoms with Crippen molar-refractivity contribution in [2.24, 2.45) is 11.8 Å². The molecule has 0 unspecified atom stereocenters. The van der Waals surface area contributed by atoms with Crippen molar-refractivity contribution >= 4 is 11.6 Å². The van der Waals surface area contributed by atoms with Gasteiger partial charge in [-0.2, -0.15) is 0 Å². The van der Waals surface area contributed by atoms with Crippen LogP contribution < -0.4 is 4.90 Å². The van der Waals surface area contributed by atoms with E-state index in [1.807, 2.05) is 0 Å². The molecule has 0 radical (unpaired) electrons. The molecule has 128 valence electrons. The maximum absolute atomic E-state index is 13.2. The minimum atomic E-state index is 0.104. The lowest BCUT2D eigenvalue weighted by Crippen LogP contribution is -2.69. The number of anilines is 1. The number of rotatable bonds is 0. The summed E-state index contributed by atoms with van der Waals surface area (Å²) in [6, 6.07) is 9.64. The Hall–Kier alpha value is -1.65. The van der Waals surface area contributed by atoms with Crippen molar-refractivity contribution in [2.75, 3.05) is 24.6 Å². The molecule has 6 atom stereocenters. The Kier molecular flexibility index (Phi) is 2.27. The van der Waals surface area contributed by atoms with Crippen LogP contribution in [0, 0.1) is 11.8 Å². The van der Waals surface area contributed by atoms with E-state index in [1.165, 1.54) is 30.6 Å². The van der Waals surface area contributed by atoms with Gasteiger partial charge in [-0.1, -0.05) is 29.8 Å². The van der Waals surface area contributed by atoms with E-state index in [0.717, 1.165) is 6.54 Å². The molecule has 6 aliphatic rings. The standard InChI is InChI=1S/C21H22N2O2/c24-18-10-16-19-13-9-17-21(6-7-22(17)11-12(13)5-8-25-16)14-3-1-2-4-15(14)23(18)20(19)21/h1-5,13,16-17,19-20H,6-11H2/t13-,16+,17+,19-,20+,21-/m1/s1. The second-order valence-corrected chi connectivity index (χ2v) is 8.78. The third kappa shape index (κ3) is 1.33. The zero-order valence-electron chi connectivity index (χ0n) is 14.2. The molecule has 4 nitrogen and oxygen atoms in total. The summed E-state index contributed by atoms with van der Waals surface area (Å²) in [7, 11) is 0. The van der Waals surface area contributed by atoms with Crippen LogP contribution >= 0.6 is 0 Å². The molecule has 2 bridgehead atoms. The first-order chi connectivity index (χ1) is 12.3. The number of carbonyl (C=O) groups excluding carboxylic acids is 1. The number of carbonyl (C=O) groups is 1. The van der Waals surface area contributed by atoms with Crippen molar-refractivity contribution in [1.29, 1.82) is 0 Å². The predicted molar refractivity (Wildman–Crippen MR) is 93.4 cm³/mol. The Balaban J connectivity index is 1.55. The van der Waals surface area contributed by atoms with Crippen LogP contribution in [0.5, 0.6) is 0 Å². The molecule has 1 saturated carbocycles. The normalized spacial score (nSPS) is 45.9. The van der Waals surface area contributed by atoms with Gasteiger partial charge in [0, 0.05) is 29.6 Å². The highest BCUT2D eigenvalue weighted by molar-refractivity contribution is 5.99. The monoisotopic (exact) mass is 334 g/mol. The zero-order chi connectivity index (χ0) is 16.3. The summed E-state index contributed by atoms with van der Waals surface area (Å²) in [5.41, 5.74) is 4.35. The topological polar surface area (TPSA) is 32.8 Å². The first kappa shape index (κ1) is 13.5. The summed E-state index contributed by atoms with van der Waals surface area (Å²) in [5, 5.41) is 0. The summed E-state index contributed by atoms with van der Waals surface area (Å²) in [4.78, 5) is 18.1. The second kappa shape index (κ2) is 4.18. The van der Waals surface area contributed by atoms with Crippen LogP contribution in [0.2, 0.25) is 0 Å². The lowest BCUT2D eigenvalue weighted by Gasteiger charge is -2.58. The fourth-order valence-corrected chi connectivity index (χ4v) is 7.51. The average Bonchev–Trinajstić information content (AvgIpc) is 3.10. The zero-order valence-corrected chi connectivity index (χ0v) is 14.2. The quantitative estimate of drug-likeness (QED) is 0.681. The molecule has 1 aromatic rings. The molecule has 5 heterocycles. The third-order valence-corrected chi connectivity index (χ3v) is 8.22. The summed E-state index contributed by atoms with van der Waals surface area (Å²) in [5.74, 6) is 1.35. The highest BCUT2D eigenvalue weighted by atomic mass is 16.5. The van der Waals surface area contributed by atoms with E-state index < -0.39 is 0 Å². The third-order valence-electron chi connectivity index (χ3n) is 8.22. The number of ether oxygens (including phenoxy) is 1. The van der Waals surface area contributed by atoms with Crippen molar-refractivity contribution in [3.63, 3.8) is 0 Å². The molecule has 4 fully saturated rings. The molecule has 25 heavy (non-hydrogen) atoms. The van der Waals surface area contributed by atoms with Crippen molar-refractivity contribution in [2.45, 2.75) is 42.9 Å². The maximum atomic E-state index is 13.2. The molecule has 0 N–H and O–H groups in total. The highest BCUT2D eigenvalue weighted by Gasteiger charge is 2.70. The lowest BCUT2D eigenvalue weighted by molar-refractivity contribution is -0.132. The summed E-state index contributed by atoms with van der Waals surface area (Å²) in [6.45, 7) is 2.97. The van der Waals surface area contributed by atoms with Gasteiger partial charge in [-0.05, 0) is 36.9 Å². The van der Waals surface area contributed by atoms with Crippen LogP contribution in [0.4, 0.5) is 5.69 Å². The Morgan fingerprint density at radius 1 is 1.24 bits per heavy atom. The van der Waals surface area contributed by atoms with E-state index in [-0.39, 0.29) is 17.4 Å². The summed E-state index contributed by atoms with van der Waals surface area (Å²) >= 11 is 0. The largest absolute Gasteiger partial charge is 0.373 e. The summed E-state index contributed by atoms with van der Waals surface area (Å²) in [6.07, 6.45) is 5.43. The molecule has 0 aromatic heterocycles. The number of fused-ring (bicyclic) bond motifs is 2. The van der Waals surface area contributed by atoms with Crippen molar-refractivity contribution in [3.05, 3.63) is 41.5 Å². The van der Waals surface area contributed by atoms with Crippen LogP contribution in [-0.4, -0.2) is 48.7 Å². The Morgan fingerprint density at radius 3 is 3.12 bits per heavy atom. The minimum absolute atomic E-state index is 0.104. The molecular weight excluding hydrogens is 312 g/mol. The smallest absolute Gasteiger partial charge is 0.229 e. The van der Waals surface area contributed by atoms with Crippen molar-refractivity contribution < 1.29 is 9.53 Å². The number of hydrogen-bond donors (Lipinski definition) is 0. The van der Waals surface area contributed by atoms with E-state index in [2.05, 4.69) is 40.1 Å². The molecule has 4 heteroatoms. The average molecular weight is 334 g/mol. The molecule has 5 aliphatic heterocycles. The summed E-state index contributed by atoms with van der Waals surface area (Å²) < 4.78 is 6.25. The Bertz CT molecular complexity index is 848. The Labute approximate surface area is 147 Å². The molecule has 1 aromatic carbocycles. The first-order valence-electron chi connectivity index (χ1n) is 9.75. The number of para-hydroxylation sites is 1. The van der Waals surface area contributed by atoms with E-state index in [9.17, 15) is 4.79 Å². The van der Waals surface area contributed by atoms with Gasteiger partial charge in [0.15, 0.2) is 0 Å². The number of piperidine rings is 2. The SMILES string of the molecule is O=C1C[C@@H]2OCC=C3CN4CC[C@]56c7ccccc7N1[C@H]5[C@@H]2[C@@H]3C[C@H]46. The lowest BCUT2D eigenvalue weighted by atomic mass is 9.53. The van der Waals surface area contributed by atoms with Crippen LogP contribution in [0.1, 0.15) is 24.8 Å². The van der Waals surface area contributed by atoms with Gasteiger partial charge in [0.25, 0.3) is 0 Å². The van der Waals surface area contributed by atoms with Gasteiger partial charge >= 0.3 is 0 Å². The van der Waals surface area contributed by atoms with Crippen molar-refractivity contribution in [1.82, 2.24) is 4.90 Å². The van der Waals surface area contributed by atoms with E-state index in [1.54, 1.807) is 5.57 Å². The van der Waals surface area contributed by atoms with Crippen molar-refractivity contribution in [3.8, 4) is 0 Å². The van der Waals surface area contributed by atoms with E-state index in [4.69, 9.17) is 4.74 Å². The molecule has 1 amide bonds. The molecule has 3 saturated heterocycles. The van der Waals surface area contributed by atoms with Gasteiger partial charge in [-0.25, -0.2) is 0 Å². The van der Waals surface area contributed by atoms with Gasteiger partial charge in [0.05, 0.1) is 25.2 Å². The molecule has 1 aliphatic carbocycles. The highest BCUT2D eigenvalue weighted by Crippen LogP contribution is 2.65. The Morgan fingerprint density at radius 2 is 2.16 bits per heavy atom. The number of benzene rings is 1.